The number of anilines is 1. The maximum atomic E-state index is 12.8. The molecule has 3 N–H and O–H groups in total. The molecule has 0 spiro atoms. The molecular weight excluding hydrogens is 396 g/mol. The summed E-state index contributed by atoms with van der Waals surface area (Å²) in [6, 6.07) is 12.3. The van der Waals surface area contributed by atoms with Crippen LogP contribution < -0.4 is 20.8 Å². The van der Waals surface area contributed by atoms with Gasteiger partial charge in [0, 0.05) is 23.2 Å². The second-order valence-electron chi connectivity index (χ2n) is 6.77. The second-order valence-corrected chi connectivity index (χ2v) is 8.38. The van der Waals surface area contributed by atoms with Gasteiger partial charge in [-0.1, -0.05) is 12.1 Å². The van der Waals surface area contributed by atoms with Crippen LogP contribution in [0.4, 0.5) is 5.69 Å². The summed E-state index contributed by atoms with van der Waals surface area (Å²) >= 11 is 0. The Morgan fingerprint density at radius 3 is 2.62 bits per heavy atom. The number of primary sulfonamides is 1. The average molecular weight is 416 g/mol. The zero-order valence-corrected chi connectivity index (χ0v) is 16.7. The third-order valence-corrected chi connectivity index (χ3v) is 4.62. The largest absolute Gasteiger partial charge is 0.491 e. The van der Waals surface area contributed by atoms with E-state index in [-0.39, 0.29) is 23.0 Å². The van der Waals surface area contributed by atoms with Crippen LogP contribution in [0, 0.1) is 0 Å². The predicted octanol–water partition coefficient (Wildman–Crippen LogP) is 2.62. The van der Waals surface area contributed by atoms with E-state index in [2.05, 4.69) is 5.32 Å². The van der Waals surface area contributed by atoms with Gasteiger partial charge >= 0.3 is 5.63 Å². The Hall–Kier alpha value is -3.17. The van der Waals surface area contributed by atoms with E-state index >= 15 is 0 Å². The fourth-order valence-corrected chi connectivity index (χ4v) is 3.49. The molecule has 3 rings (SSSR count). The number of rotatable bonds is 6. The molecule has 0 atom stereocenters. The third-order valence-electron chi connectivity index (χ3n) is 3.89. The summed E-state index contributed by atoms with van der Waals surface area (Å²) in [5.41, 5.74) is 0.482. The lowest BCUT2D eigenvalue weighted by atomic mass is 10.1. The SMILES string of the molecule is CC(C)Oc1ccc2c(C(=O)Nc3cccc(CS(N)(=O)=O)c3)cc(=O)oc2c1. The quantitative estimate of drug-likeness (QED) is 0.594. The van der Waals surface area contributed by atoms with Crippen LogP contribution in [0.5, 0.6) is 5.75 Å². The van der Waals surface area contributed by atoms with Crippen molar-refractivity contribution in [3.05, 3.63) is 70.1 Å². The Morgan fingerprint density at radius 1 is 1.17 bits per heavy atom. The number of nitrogens with one attached hydrogen (secondary N) is 1. The number of benzene rings is 2. The van der Waals surface area contributed by atoms with E-state index < -0.39 is 21.6 Å². The van der Waals surface area contributed by atoms with Gasteiger partial charge in [0.15, 0.2) is 0 Å². The number of sulfonamides is 1. The number of hydrogen-bond donors (Lipinski definition) is 2. The van der Waals surface area contributed by atoms with Gasteiger partial charge in [0.05, 0.1) is 17.4 Å². The van der Waals surface area contributed by atoms with Crippen LogP contribution in [0.15, 0.2) is 57.7 Å². The number of carbonyl (C=O) groups excluding carboxylic acids is 1. The van der Waals surface area contributed by atoms with Crippen molar-refractivity contribution in [2.45, 2.75) is 25.7 Å². The molecule has 0 saturated heterocycles. The van der Waals surface area contributed by atoms with Gasteiger partial charge in [-0.3, -0.25) is 4.79 Å². The van der Waals surface area contributed by atoms with Crippen LogP contribution in [0.1, 0.15) is 29.8 Å². The minimum absolute atomic E-state index is 0.0599. The topological polar surface area (TPSA) is 129 Å². The summed E-state index contributed by atoms with van der Waals surface area (Å²) in [4.78, 5) is 24.7. The molecule has 1 amide bonds. The molecule has 0 saturated carbocycles. The molecule has 9 heteroatoms. The average Bonchev–Trinajstić information content (AvgIpc) is 2.59. The molecular formula is C20H20N2O6S. The molecule has 29 heavy (non-hydrogen) atoms. The fourth-order valence-electron chi connectivity index (χ4n) is 2.85. The molecule has 152 valence electrons. The molecule has 0 aliphatic heterocycles. The summed E-state index contributed by atoms with van der Waals surface area (Å²) in [6.07, 6.45) is -0.0599. The highest BCUT2D eigenvalue weighted by molar-refractivity contribution is 7.88. The van der Waals surface area contributed by atoms with Gasteiger partial charge in [0.2, 0.25) is 10.0 Å². The first-order valence-corrected chi connectivity index (χ1v) is 10.5. The normalized spacial score (nSPS) is 11.6. The molecule has 1 heterocycles. The Labute approximate surface area is 167 Å². The standard InChI is InChI=1S/C20H20N2O6S/c1-12(2)27-15-6-7-16-17(10-19(23)28-18(16)9-15)20(24)22-14-5-3-4-13(8-14)11-29(21,25)26/h3-10,12H,11H2,1-2H3,(H,22,24)(H2,21,25,26). The van der Waals surface area contributed by atoms with E-state index in [0.717, 1.165) is 6.07 Å². The molecule has 0 radical (unpaired) electrons. The van der Waals surface area contributed by atoms with E-state index in [0.29, 0.717) is 22.4 Å². The maximum Gasteiger partial charge on any atom is 0.337 e. The van der Waals surface area contributed by atoms with Gasteiger partial charge in [-0.2, -0.15) is 0 Å². The number of amides is 1. The molecule has 0 aliphatic carbocycles. The van der Waals surface area contributed by atoms with E-state index in [9.17, 15) is 18.0 Å². The van der Waals surface area contributed by atoms with E-state index in [1.165, 1.54) is 6.07 Å². The van der Waals surface area contributed by atoms with E-state index in [1.54, 1.807) is 36.4 Å². The fraction of sp³-hybridized carbons (Fsp3) is 0.200. The first-order chi connectivity index (χ1) is 13.6. The first-order valence-electron chi connectivity index (χ1n) is 8.76. The van der Waals surface area contributed by atoms with Crippen LogP contribution in [0.25, 0.3) is 11.0 Å². The highest BCUT2D eigenvalue weighted by Gasteiger charge is 2.15. The van der Waals surface area contributed by atoms with Gasteiger partial charge in [-0.25, -0.2) is 18.4 Å². The molecule has 0 bridgehead atoms. The minimum Gasteiger partial charge on any atom is -0.491 e. The highest BCUT2D eigenvalue weighted by Crippen LogP contribution is 2.24. The summed E-state index contributed by atoms with van der Waals surface area (Å²) in [5.74, 6) is -0.371. The summed E-state index contributed by atoms with van der Waals surface area (Å²) in [5, 5.41) is 8.17. The van der Waals surface area contributed by atoms with Crippen molar-refractivity contribution in [3.8, 4) is 5.75 Å². The maximum absolute atomic E-state index is 12.8. The van der Waals surface area contributed by atoms with Crippen LogP contribution in [-0.2, 0) is 15.8 Å². The molecule has 0 unspecified atom stereocenters. The second kappa shape index (κ2) is 8.06. The van der Waals surface area contributed by atoms with Crippen LogP contribution in [-0.4, -0.2) is 20.4 Å². The minimum atomic E-state index is -3.70. The number of hydrogen-bond acceptors (Lipinski definition) is 6. The molecule has 0 aliphatic rings. The number of fused-ring (bicyclic) bond motifs is 1. The first kappa shape index (κ1) is 20.6. The number of nitrogens with two attached hydrogens (primary N) is 1. The van der Waals surface area contributed by atoms with Crippen LogP contribution in [0.2, 0.25) is 0 Å². The zero-order valence-electron chi connectivity index (χ0n) is 15.8. The van der Waals surface area contributed by atoms with E-state index in [1.807, 2.05) is 13.8 Å². The van der Waals surface area contributed by atoms with Gasteiger partial charge in [-0.05, 0) is 43.7 Å². The van der Waals surface area contributed by atoms with E-state index in [4.69, 9.17) is 14.3 Å². The van der Waals surface area contributed by atoms with Crippen LogP contribution >= 0.6 is 0 Å². The Kier molecular flexibility index (Phi) is 5.71. The molecule has 2 aromatic carbocycles. The summed E-state index contributed by atoms with van der Waals surface area (Å²) < 4.78 is 33.3. The monoisotopic (exact) mass is 416 g/mol. The summed E-state index contributed by atoms with van der Waals surface area (Å²) in [7, 11) is -3.70. The molecule has 8 nitrogen and oxygen atoms in total. The Morgan fingerprint density at radius 2 is 1.93 bits per heavy atom. The molecule has 0 fully saturated rings. The number of ether oxygens (including phenoxy) is 1. The van der Waals surface area contributed by atoms with Crippen molar-refractivity contribution in [1.29, 1.82) is 0 Å². The van der Waals surface area contributed by atoms with Crippen molar-refractivity contribution in [1.82, 2.24) is 0 Å². The van der Waals surface area contributed by atoms with Crippen LogP contribution in [0.3, 0.4) is 0 Å². The zero-order chi connectivity index (χ0) is 21.2. The predicted molar refractivity (Wildman–Crippen MR) is 109 cm³/mol. The van der Waals surface area contributed by atoms with Gasteiger partial charge in [0.1, 0.15) is 11.3 Å². The van der Waals surface area contributed by atoms with Crippen molar-refractivity contribution < 1.29 is 22.4 Å². The third kappa shape index (κ3) is 5.43. The summed E-state index contributed by atoms with van der Waals surface area (Å²) in [6.45, 7) is 3.74. The molecule has 3 aromatic rings. The van der Waals surface area contributed by atoms with Gasteiger partial charge in [-0.15, -0.1) is 0 Å². The number of carbonyl (C=O) groups is 1. The lowest BCUT2D eigenvalue weighted by Crippen LogP contribution is -2.16. The Bertz CT molecular complexity index is 1230. The van der Waals surface area contributed by atoms with Gasteiger partial charge in [0.25, 0.3) is 5.91 Å². The van der Waals surface area contributed by atoms with Crippen molar-refractivity contribution in [3.63, 3.8) is 0 Å². The molecule has 1 aromatic heterocycles. The highest BCUT2D eigenvalue weighted by atomic mass is 32.2. The van der Waals surface area contributed by atoms with Crippen molar-refractivity contribution >= 4 is 32.6 Å². The van der Waals surface area contributed by atoms with Crippen molar-refractivity contribution in [2.75, 3.05) is 5.32 Å². The lowest BCUT2D eigenvalue weighted by molar-refractivity contribution is 0.102. The smallest absolute Gasteiger partial charge is 0.337 e. The van der Waals surface area contributed by atoms with Gasteiger partial charge < -0.3 is 14.5 Å². The Balaban J connectivity index is 1.93. The lowest BCUT2D eigenvalue weighted by Gasteiger charge is -2.11. The van der Waals surface area contributed by atoms with Crippen molar-refractivity contribution in [2.24, 2.45) is 5.14 Å².